The number of aryl methyl sites for hydroxylation is 2. The molecule has 0 saturated heterocycles. The number of rotatable bonds is 1. The van der Waals surface area contributed by atoms with E-state index < -0.39 is 0 Å². The molecular formula is C17H24N4. The minimum Gasteiger partial charge on any atom is -0.383 e. The number of nitrogen functional groups attached to an aromatic ring is 1. The smallest absolute Gasteiger partial charge is 0.132 e. The molecule has 0 bridgehead atoms. The number of nitrogens with two attached hydrogens (primary N) is 1. The van der Waals surface area contributed by atoms with Gasteiger partial charge in [-0.2, -0.15) is 0 Å². The lowest BCUT2D eigenvalue weighted by Gasteiger charge is -2.31. The first-order chi connectivity index (χ1) is 10.1. The second kappa shape index (κ2) is 6.57. The Morgan fingerprint density at radius 3 is 2.67 bits per heavy atom. The molecule has 0 aliphatic carbocycles. The molecule has 21 heavy (non-hydrogen) atoms. The van der Waals surface area contributed by atoms with Crippen LogP contribution in [0, 0.1) is 13.8 Å². The highest BCUT2D eigenvalue weighted by Gasteiger charge is 2.21. The molecule has 0 saturated carbocycles. The Kier molecular flexibility index (Phi) is 4.78. The van der Waals surface area contributed by atoms with Crippen LogP contribution in [0.15, 0.2) is 24.5 Å². The van der Waals surface area contributed by atoms with Gasteiger partial charge in [0.2, 0.25) is 0 Å². The van der Waals surface area contributed by atoms with E-state index >= 15 is 0 Å². The molecule has 112 valence electrons. The van der Waals surface area contributed by atoms with Crippen LogP contribution in [0.25, 0.3) is 0 Å². The van der Waals surface area contributed by atoms with Gasteiger partial charge in [-0.1, -0.05) is 26.0 Å². The molecule has 0 fully saturated rings. The SMILES string of the molecule is CC.Cc1ccc(C)c(N2CCc3ncnc(N)c3C2)c1. The predicted molar refractivity (Wildman–Crippen MR) is 88.5 cm³/mol. The highest BCUT2D eigenvalue weighted by molar-refractivity contribution is 5.58. The summed E-state index contributed by atoms with van der Waals surface area (Å²) in [5, 5.41) is 0. The molecule has 1 aromatic heterocycles. The molecule has 0 radical (unpaired) electrons. The quantitative estimate of drug-likeness (QED) is 0.873. The van der Waals surface area contributed by atoms with Gasteiger partial charge in [0, 0.05) is 30.8 Å². The molecule has 0 amide bonds. The first-order valence-electron chi connectivity index (χ1n) is 7.55. The Morgan fingerprint density at radius 2 is 1.90 bits per heavy atom. The average molecular weight is 284 g/mol. The van der Waals surface area contributed by atoms with Gasteiger partial charge in [0.05, 0.1) is 5.69 Å². The maximum atomic E-state index is 5.97. The van der Waals surface area contributed by atoms with E-state index in [0.717, 1.165) is 30.8 Å². The van der Waals surface area contributed by atoms with Crippen molar-refractivity contribution >= 4 is 11.5 Å². The molecule has 2 N–H and O–H groups in total. The van der Waals surface area contributed by atoms with Crippen LogP contribution in [-0.2, 0) is 13.0 Å². The number of anilines is 2. The molecule has 1 aromatic carbocycles. The molecule has 2 heterocycles. The van der Waals surface area contributed by atoms with Gasteiger partial charge >= 0.3 is 0 Å². The van der Waals surface area contributed by atoms with E-state index in [1.54, 1.807) is 6.33 Å². The average Bonchev–Trinajstić information content (AvgIpc) is 2.52. The van der Waals surface area contributed by atoms with E-state index in [4.69, 9.17) is 5.73 Å². The summed E-state index contributed by atoms with van der Waals surface area (Å²) >= 11 is 0. The Labute approximate surface area is 127 Å². The molecule has 4 nitrogen and oxygen atoms in total. The molecule has 0 spiro atoms. The molecule has 0 atom stereocenters. The second-order valence-corrected chi connectivity index (χ2v) is 5.15. The lowest BCUT2D eigenvalue weighted by molar-refractivity contribution is 0.706. The summed E-state index contributed by atoms with van der Waals surface area (Å²) in [6.07, 6.45) is 2.48. The van der Waals surface area contributed by atoms with Gasteiger partial charge in [-0.3, -0.25) is 0 Å². The van der Waals surface area contributed by atoms with Crippen molar-refractivity contribution in [2.75, 3.05) is 17.2 Å². The van der Waals surface area contributed by atoms with Crippen LogP contribution in [0.5, 0.6) is 0 Å². The van der Waals surface area contributed by atoms with Crippen LogP contribution >= 0.6 is 0 Å². The lowest BCUT2D eigenvalue weighted by Crippen LogP contribution is -2.32. The van der Waals surface area contributed by atoms with E-state index in [9.17, 15) is 0 Å². The van der Waals surface area contributed by atoms with Crippen LogP contribution < -0.4 is 10.6 Å². The van der Waals surface area contributed by atoms with E-state index in [2.05, 4.69) is 46.9 Å². The maximum absolute atomic E-state index is 5.97. The fourth-order valence-electron chi connectivity index (χ4n) is 2.63. The summed E-state index contributed by atoms with van der Waals surface area (Å²) in [5.74, 6) is 0.611. The highest BCUT2D eigenvalue weighted by Crippen LogP contribution is 2.28. The molecule has 1 aliphatic heterocycles. The van der Waals surface area contributed by atoms with E-state index in [1.807, 2.05) is 13.8 Å². The van der Waals surface area contributed by atoms with Crippen molar-refractivity contribution in [1.82, 2.24) is 9.97 Å². The Balaban J connectivity index is 0.000000774. The number of fused-ring (bicyclic) bond motifs is 1. The zero-order valence-electron chi connectivity index (χ0n) is 13.3. The zero-order chi connectivity index (χ0) is 15.4. The fourth-order valence-corrected chi connectivity index (χ4v) is 2.63. The van der Waals surface area contributed by atoms with Gasteiger partial charge in [-0.25, -0.2) is 9.97 Å². The van der Waals surface area contributed by atoms with E-state index in [-0.39, 0.29) is 0 Å². The van der Waals surface area contributed by atoms with Crippen molar-refractivity contribution in [1.29, 1.82) is 0 Å². The van der Waals surface area contributed by atoms with Crippen LogP contribution in [0.4, 0.5) is 11.5 Å². The van der Waals surface area contributed by atoms with Gasteiger partial charge in [-0.15, -0.1) is 0 Å². The predicted octanol–water partition coefficient (Wildman–Crippen LogP) is 3.26. The summed E-state index contributed by atoms with van der Waals surface area (Å²) in [5.41, 5.74) is 12.0. The third-order valence-electron chi connectivity index (χ3n) is 3.74. The fraction of sp³-hybridized carbons (Fsp3) is 0.412. The number of hydrogen-bond acceptors (Lipinski definition) is 4. The number of aromatic nitrogens is 2. The third kappa shape index (κ3) is 3.15. The Morgan fingerprint density at radius 1 is 1.14 bits per heavy atom. The Bertz CT molecular complexity index is 622. The monoisotopic (exact) mass is 284 g/mol. The van der Waals surface area contributed by atoms with Gasteiger partial charge in [0.25, 0.3) is 0 Å². The second-order valence-electron chi connectivity index (χ2n) is 5.15. The zero-order valence-corrected chi connectivity index (χ0v) is 13.3. The van der Waals surface area contributed by atoms with Crippen molar-refractivity contribution in [3.63, 3.8) is 0 Å². The summed E-state index contributed by atoms with van der Waals surface area (Å²) in [6, 6.07) is 6.56. The van der Waals surface area contributed by atoms with Crippen LogP contribution in [0.3, 0.4) is 0 Å². The maximum Gasteiger partial charge on any atom is 0.132 e. The van der Waals surface area contributed by atoms with Gasteiger partial charge in [0.1, 0.15) is 12.1 Å². The van der Waals surface area contributed by atoms with Gasteiger partial charge < -0.3 is 10.6 Å². The lowest BCUT2D eigenvalue weighted by atomic mass is 10.0. The molecule has 2 aromatic rings. The minimum absolute atomic E-state index is 0.611. The van der Waals surface area contributed by atoms with Crippen molar-refractivity contribution in [2.45, 2.75) is 40.7 Å². The standard InChI is InChI=1S/C15H18N4.C2H6/c1-10-3-4-11(2)14(7-10)19-6-5-13-12(8-19)15(16)18-9-17-13;1-2/h3-4,7,9H,5-6,8H2,1-2H3,(H2,16,17,18);1-2H3. The van der Waals surface area contributed by atoms with Crippen LogP contribution in [0.2, 0.25) is 0 Å². The van der Waals surface area contributed by atoms with Crippen molar-refractivity contribution in [3.05, 3.63) is 46.9 Å². The Hall–Kier alpha value is -2.10. The molecule has 1 aliphatic rings. The van der Waals surface area contributed by atoms with E-state index in [1.165, 1.54) is 16.8 Å². The first kappa shape index (κ1) is 15.3. The first-order valence-corrected chi connectivity index (χ1v) is 7.55. The highest BCUT2D eigenvalue weighted by atomic mass is 15.1. The number of nitrogens with zero attached hydrogens (tertiary/aromatic N) is 3. The largest absolute Gasteiger partial charge is 0.383 e. The molecule has 4 heteroatoms. The summed E-state index contributed by atoms with van der Waals surface area (Å²) < 4.78 is 0. The third-order valence-corrected chi connectivity index (χ3v) is 3.74. The number of benzene rings is 1. The molecule has 0 unspecified atom stereocenters. The summed E-state index contributed by atoms with van der Waals surface area (Å²) in [4.78, 5) is 10.8. The topological polar surface area (TPSA) is 55.0 Å². The van der Waals surface area contributed by atoms with E-state index in [0.29, 0.717) is 5.82 Å². The van der Waals surface area contributed by atoms with Gasteiger partial charge in [-0.05, 0) is 31.0 Å². The molecular weight excluding hydrogens is 260 g/mol. The normalized spacial score (nSPS) is 13.2. The summed E-state index contributed by atoms with van der Waals surface area (Å²) in [7, 11) is 0. The summed E-state index contributed by atoms with van der Waals surface area (Å²) in [6.45, 7) is 10.0. The van der Waals surface area contributed by atoms with Crippen LogP contribution in [0.1, 0.15) is 36.2 Å². The van der Waals surface area contributed by atoms with Crippen LogP contribution in [-0.4, -0.2) is 16.5 Å². The van der Waals surface area contributed by atoms with Crippen molar-refractivity contribution in [2.24, 2.45) is 0 Å². The van der Waals surface area contributed by atoms with Gasteiger partial charge in [0.15, 0.2) is 0 Å². The van der Waals surface area contributed by atoms with Crippen molar-refractivity contribution < 1.29 is 0 Å². The van der Waals surface area contributed by atoms with Crippen molar-refractivity contribution in [3.8, 4) is 0 Å². The number of hydrogen-bond donors (Lipinski definition) is 1. The minimum atomic E-state index is 0.611. The molecule has 3 rings (SSSR count).